The van der Waals surface area contributed by atoms with Crippen LogP contribution in [0, 0.1) is 0 Å². The van der Waals surface area contributed by atoms with Crippen LogP contribution in [0.4, 0.5) is 0 Å². The number of carbonyl (C=O) groups is 4. The number of carbonyl (C=O) groups excluding carboxylic acids is 4. The van der Waals surface area contributed by atoms with Crippen molar-refractivity contribution in [3.05, 3.63) is 12.2 Å². The first-order chi connectivity index (χ1) is 25.5. The molecular formula is C43H77NO8. The lowest BCUT2D eigenvalue weighted by Gasteiger charge is -2.18. The van der Waals surface area contributed by atoms with Crippen LogP contribution in [-0.4, -0.2) is 74.3 Å². The highest BCUT2D eigenvalue weighted by Crippen LogP contribution is 2.15. The molecule has 0 aromatic carbocycles. The predicted octanol–water partition coefficient (Wildman–Crippen LogP) is 10.4. The van der Waals surface area contributed by atoms with E-state index in [4.69, 9.17) is 18.9 Å². The summed E-state index contributed by atoms with van der Waals surface area (Å²) < 4.78 is 22.4. The summed E-state index contributed by atoms with van der Waals surface area (Å²) in [5.74, 6) is -1.24. The molecule has 1 unspecified atom stereocenters. The highest BCUT2D eigenvalue weighted by atomic mass is 16.6. The molecule has 0 radical (unpaired) electrons. The third-order valence-electron chi connectivity index (χ3n) is 9.73. The van der Waals surface area contributed by atoms with Crippen LogP contribution in [0.15, 0.2) is 12.2 Å². The fourth-order valence-corrected chi connectivity index (χ4v) is 6.44. The SMILES string of the molecule is CCCCCCCCCCCCCCCC(=O)OCC(COCCOCCN1C(=O)C=CC1=O)OC(=O)CCCCCCCCCCCCCCC. The van der Waals surface area contributed by atoms with Gasteiger partial charge in [0.2, 0.25) is 0 Å². The second-order valence-corrected chi connectivity index (χ2v) is 14.6. The standard InChI is InChI=1S/C43H77NO8/c1-3-5-7-9-11-13-15-17-19-21-23-25-27-29-42(47)51-38-39(37-50-36-35-49-34-33-44-40(45)31-32-41(44)46)52-43(48)30-28-26-24-22-20-18-16-14-12-10-8-6-4-2/h31-32,39H,3-30,33-38H2,1-2H3. The molecule has 0 aromatic heterocycles. The molecule has 0 bridgehead atoms. The first-order valence-electron chi connectivity index (χ1n) is 21.5. The summed E-state index contributed by atoms with van der Waals surface area (Å²) in [6.45, 7) is 5.44. The van der Waals surface area contributed by atoms with Gasteiger partial charge in [-0.25, -0.2) is 0 Å². The molecule has 9 nitrogen and oxygen atoms in total. The zero-order chi connectivity index (χ0) is 37.7. The average molecular weight is 736 g/mol. The normalized spacial score (nSPS) is 13.3. The molecule has 0 saturated carbocycles. The first kappa shape index (κ1) is 47.8. The van der Waals surface area contributed by atoms with Crippen molar-refractivity contribution in [3.8, 4) is 0 Å². The molecular weight excluding hydrogens is 658 g/mol. The van der Waals surface area contributed by atoms with Gasteiger partial charge < -0.3 is 18.9 Å². The Morgan fingerprint density at radius 2 is 0.885 bits per heavy atom. The molecule has 1 heterocycles. The molecule has 0 saturated heterocycles. The molecule has 1 aliphatic rings. The van der Waals surface area contributed by atoms with E-state index >= 15 is 0 Å². The van der Waals surface area contributed by atoms with E-state index in [9.17, 15) is 19.2 Å². The molecule has 302 valence electrons. The number of esters is 2. The van der Waals surface area contributed by atoms with Gasteiger partial charge in [-0.2, -0.15) is 0 Å². The highest BCUT2D eigenvalue weighted by Gasteiger charge is 2.22. The largest absolute Gasteiger partial charge is 0.462 e. The van der Waals surface area contributed by atoms with Crippen molar-refractivity contribution in [2.24, 2.45) is 0 Å². The van der Waals surface area contributed by atoms with Gasteiger partial charge in [0.05, 0.1) is 33.0 Å². The van der Waals surface area contributed by atoms with E-state index < -0.39 is 6.10 Å². The number of hydrogen-bond donors (Lipinski definition) is 0. The van der Waals surface area contributed by atoms with Gasteiger partial charge >= 0.3 is 11.9 Å². The van der Waals surface area contributed by atoms with Gasteiger partial charge in [-0.3, -0.25) is 24.1 Å². The predicted molar refractivity (Wildman–Crippen MR) is 209 cm³/mol. The maximum Gasteiger partial charge on any atom is 0.306 e. The van der Waals surface area contributed by atoms with Crippen LogP contribution in [0.3, 0.4) is 0 Å². The number of unbranched alkanes of at least 4 members (excludes halogenated alkanes) is 24. The molecule has 1 aliphatic heterocycles. The molecule has 0 fully saturated rings. The van der Waals surface area contributed by atoms with E-state index in [0.29, 0.717) is 12.8 Å². The topological polar surface area (TPSA) is 108 Å². The van der Waals surface area contributed by atoms with Crippen molar-refractivity contribution in [2.45, 2.75) is 200 Å². The van der Waals surface area contributed by atoms with Crippen LogP contribution < -0.4 is 0 Å². The monoisotopic (exact) mass is 736 g/mol. The highest BCUT2D eigenvalue weighted by molar-refractivity contribution is 6.12. The van der Waals surface area contributed by atoms with Gasteiger partial charge in [-0.1, -0.05) is 168 Å². The van der Waals surface area contributed by atoms with E-state index in [1.54, 1.807) is 0 Å². The zero-order valence-corrected chi connectivity index (χ0v) is 33.5. The summed E-state index contributed by atoms with van der Waals surface area (Å²) in [6, 6.07) is 0. The van der Waals surface area contributed by atoms with Crippen molar-refractivity contribution in [3.63, 3.8) is 0 Å². The lowest BCUT2D eigenvalue weighted by molar-refractivity contribution is -0.163. The van der Waals surface area contributed by atoms with Crippen LogP contribution >= 0.6 is 0 Å². The van der Waals surface area contributed by atoms with Crippen LogP contribution in [0.25, 0.3) is 0 Å². The van der Waals surface area contributed by atoms with Gasteiger partial charge in [-0.05, 0) is 12.8 Å². The number of nitrogens with zero attached hydrogens (tertiary/aromatic N) is 1. The molecule has 9 heteroatoms. The smallest absolute Gasteiger partial charge is 0.306 e. The van der Waals surface area contributed by atoms with E-state index in [-0.39, 0.29) is 63.3 Å². The van der Waals surface area contributed by atoms with Crippen LogP contribution in [0.1, 0.15) is 194 Å². The minimum Gasteiger partial charge on any atom is -0.462 e. The second kappa shape index (κ2) is 35.8. The van der Waals surface area contributed by atoms with Crippen LogP contribution in [-0.2, 0) is 38.1 Å². The number of rotatable bonds is 39. The number of ether oxygens (including phenoxy) is 4. The summed E-state index contributed by atoms with van der Waals surface area (Å²) in [5, 5.41) is 0. The van der Waals surface area contributed by atoms with E-state index in [2.05, 4.69) is 13.8 Å². The Labute approximate surface area is 317 Å². The number of imide groups is 1. The number of amides is 2. The van der Waals surface area contributed by atoms with E-state index in [1.165, 1.54) is 141 Å². The Bertz CT molecular complexity index is 905. The Morgan fingerprint density at radius 3 is 1.33 bits per heavy atom. The maximum atomic E-state index is 12.7. The van der Waals surface area contributed by atoms with Crippen LogP contribution in [0.2, 0.25) is 0 Å². The van der Waals surface area contributed by atoms with Gasteiger partial charge in [0.15, 0.2) is 6.10 Å². The lowest BCUT2D eigenvalue weighted by atomic mass is 10.0. The molecule has 0 aromatic rings. The quantitative estimate of drug-likeness (QED) is 0.0349. The van der Waals surface area contributed by atoms with Gasteiger partial charge in [0.1, 0.15) is 6.61 Å². The molecule has 1 atom stereocenters. The van der Waals surface area contributed by atoms with Gasteiger partial charge in [0, 0.05) is 25.0 Å². The van der Waals surface area contributed by atoms with Crippen molar-refractivity contribution < 1.29 is 38.1 Å². The van der Waals surface area contributed by atoms with E-state index in [0.717, 1.165) is 43.4 Å². The first-order valence-corrected chi connectivity index (χ1v) is 21.5. The van der Waals surface area contributed by atoms with Crippen molar-refractivity contribution >= 4 is 23.8 Å². The second-order valence-electron chi connectivity index (χ2n) is 14.6. The van der Waals surface area contributed by atoms with E-state index in [1.807, 2.05) is 0 Å². The summed E-state index contributed by atoms with van der Waals surface area (Å²) in [4.78, 5) is 49.5. The molecule has 2 amide bonds. The number of hydrogen-bond acceptors (Lipinski definition) is 8. The molecule has 0 aliphatic carbocycles. The van der Waals surface area contributed by atoms with Crippen molar-refractivity contribution in [2.75, 3.05) is 39.6 Å². The summed E-state index contributed by atoms with van der Waals surface area (Å²) in [6.07, 6.45) is 34.9. The molecule has 52 heavy (non-hydrogen) atoms. The Hall–Kier alpha value is -2.26. The van der Waals surface area contributed by atoms with Gasteiger partial charge in [0.25, 0.3) is 11.8 Å². The molecule has 0 spiro atoms. The lowest BCUT2D eigenvalue weighted by Crippen LogP contribution is -2.33. The summed E-state index contributed by atoms with van der Waals surface area (Å²) in [5.41, 5.74) is 0. The molecule has 0 N–H and O–H groups in total. The Kier molecular flexibility index (Phi) is 32.8. The van der Waals surface area contributed by atoms with Crippen LogP contribution in [0.5, 0.6) is 0 Å². The minimum absolute atomic E-state index is 0.0331. The Balaban J connectivity index is 2.23. The van der Waals surface area contributed by atoms with Crippen molar-refractivity contribution in [1.82, 2.24) is 4.90 Å². The zero-order valence-electron chi connectivity index (χ0n) is 33.5. The van der Waals surface area contributed by atoms with Gasteiger partial charge in [-0.15, -0.1) is 0 Å². The fraction of sp³-hybridized carbons (Fsp3) is 0.860. The summed E-state index contributed by atoms with van der Waals surface area (Å²) >= 11 is 0. The Morgan fingerprint density at radius 1 is 0.500 bits per heavy atom. The summed E-state index contributed by atoms with van der Waals surface area (Å²) in [7, 11) is 0. The average Bonchev–Trinajstić information content (AvgIpc) is 3.46. The maximum absolute atomic E-state index is 12.7. The fourth-order valence-electron chi connectivity index (χ4n) is 6.44. The third-order valence-corrected chi connectivity index (χ3v) is 9.73. The molecule has 1 rings (SSSR count). The third kappa shape index (κ3) is 29.2. The minimum atomic E-state index is -0.684. The van der Waals surface area contributed by atoms with Crippen molar-refractivity contribution in [1.29, 1.82) is 0 Å².